The summed E-state index contributed by atoms with van der Waals surface area (Å²) in [6.07, 6.45) is 5.36. The molecule has 86 valence electrons. The topological polar surface area (TPSA) is 21.3 Å². The summed E-state index contributed by atoms with van der Waals surface area (Å²) in [6, 6.07) is 0.662. The Morgan fingerprint density at radius 1 is 1.00 bits per heavy atom. The Labute approximate surface area is 89.4 Å². The van der Waals surface area contributed by atoms with Gasteiger partial charge in [0.2, 0.25) is 0 Å². The Hall–Kier alpha value is -0.0800. The van der Waals surface area contributed by atoms with Gasteiger partial charge in [-0.2, -0.15) is 0 Å². The molecule has 2 nitrogen and oxygen atoms in total. The molecule has 0 fully saturated rings. The molecule has 0 aromatic heterocycles. The van der Waals surface area contributed by atoms with Crippen molar-refractivity contribution in [1.82, 2.24) is 5.32 Å². The van der Waals surface area contributed by atoms with Gasteiger partial charge in [0.05, 0.1) is 6.10 Å². The molecule has 0 aromatic carbocycles. The van der Waals surface area contributed by atoms with Crippen molar-refractivity contribution in [3.05, 3.63) is 0 Å². The summed E-state index contributed by atoms with van der Waals surface area (Å²) in [6.45, 7) is 6.70. The Balaban J connectivity index is 3.57. The molecule has 14 heavy (non-hydrogen) atoms. The second-order valence-corrected chi connectivity index (χ2v) is 4.58. The molecule has 0 radical (unpaired) electrons. The molecule has 1 N–H and O–H groups in total. The highest BCUT2D eigenvalue weighted by Gasteiger charge is 2.09. The van der Waals surface area contributed by atoms with Crippen molar-refractivity contribution in [2.45, 2.75) is 58.6 Å². The zero-order chi connectivity index (χ0) is 11.0. The van der Waals surface area contributed by atoms with Crippen LogP contribution >= 0.6 is 0 Å². The molecule has 2 unspecified atom stereocenters. The predicted octanol–water partition coefficient (Wildman–Crippen LogP) is 2.83. The molecule has 0 heterocycles. The monoisotopic (exact) mass is 201 g/mol. The van der Waals surface area contributed by atoms with E-state index in [2.05, 4.69) is 33.1 Å². The van der Waals surface area contributed by atoms with Crippen molar-refractivity contribution in [3.63, 3.8) is 0 Å². The largest absolute Gasteiger partial charge is 0.382 e. The average molecular weight is 201 g/mol. The molecule has 0 saturated carbocycles. The molecule has 0 saturated heterocycles. The second kappa shape index (κ2) is 8.25. The molecule has 0 amide bonds. The Kier molecular flexibility index (Phi) is 8.20. The van der Waals surface area contributed by atoms with Crippen LogP contribution < -0.4 is 5.32 Å². The minimum Gasteiger partial charge on any atom is -0.382 e. The molecule has 0 aromatic rings. The quantitative estimate of drug-likeness (QED) is 0.652. The normalized spacial score (nSPS) is 15.9. The van der Waals surface area contributed by atoms with Gasteiger partial charge in [-0.15, -0.1) is 0 Å². The molecule has 0 rings (SSSR count). The van der Waals surface area contributed by atoms with Gasteiger partial charge in [-0.1, -0.05) is 13.8 Å². The summed E-state index contributed by atoms with van der Waals surface area (Å²) in [4.78, 5) is 0. The third-order valence-electron chi connectivity index (χ3n) is 2.82. The van der Waals surface area contributed by atoms with Crippen LogP contribution in [-0.4, -0.2) is 26.3 Å². The maximum atomic E-state index is 5.24. The van der Waals surface area contributed by atoms with E-state index in [1.807, 2.05) is 0 Å². The minimum absolute atomic E-state index is 0.393. The number of nitrogens with one attached hydrogen (secondary N) is 1. The van der Waals surface area contributed by atoms with E-state index in [4.69, 9.17) is 4.74 Å². The predicted molar refractivity (Wildman–Crippen MR) is 62.6 cm³/mol. The van der Waals surface area contributed by atoms with Gasteiger partial charge in [-0.3, -0.25) is 0 Å². The lowest BCUT2D eigenvalue weighted by atomic mass is 9.99. The molecule has 0 aliphatic heterocycles. The van der Waals surface area contributed by atoms with Crippen LogP contribution in [0.15, 0.2) is 0 Å². The standard InChI is InChI=1S/C12H27NO/c1-10(2)6-8-12(13-4)9-7-11(3)14-5/h10-13H,6-9H2,1-5H3. The van der Waals surface area contributed by atoms with Crippen LogP contribution in [0.1, 0.15) is 46.5 Å². The highest BCUT2D eigenvalue weighted by atomic mass is 16.5. The summed E-state index contributed by atoms with van der Waals surface area (Å²) < 4.78 is 5.24. The van der Waals surface area contributed by atoms with E-state index < -0.39 is 0 Å². The summed E-state index contributed by atoms with van der Waals surface area (Å²) in [5, 5.41) is 3.38. The van der Waals surface area contributed by atoms with Gasteiger partial charge in [0.1, 0.15) is 0 Å². The van der Waals surface area contributed by atoms with E-state index >= 15 is 0 Å². The molecule has 0 spiro atoms. The number of rotatable bonds is 8. The lowest BCUT2D eigenvalue weighted by molar-refractivity contribution is 0.106. The fraction of sp³-hybridized carbons (Fsp3) is 1.00. The fourth-order valence-electron chi connectivity index (χ4n) is 1.52. The number of ether oxygens (including phenoxy) is 1. The van der Waals surface area contributed by atoms with E-state index in [-0.39, 0.29) is 0 Å². The molecule has 0 bridgehead atoms. The summed E-state index contributed by atoms with van der Waals surface area (Å²) in [5.41, 5.74) is 0. The summed E-state index contributed by atoms with van der Waals surface area (Å²) in [7, 11) is 3.84. The summed E-state index contributed by atoms with van der Waals surface area (Å²) in [5.74, 6) is 0.811. The van der Waals surface area contributed by atoms with E-state index in [9.17, 15) is 0 Å². The third-order valence-corrected chi connectivity index (χ3v) is 2.82. The molecule has 0 aliphatic rings. The van der Waals surface area contributed by atoms with Crippen molar-refractivity contribution < 1.29 is 4.74 Å². The Bertz CT molecular complexity index is 125. The van der Waals surface area contributed by atoms with Crippen LogP contribution in [0.3, 0.4) is 0 Å². The van der Waals surface area contributed by atoms with Gasteiger partial charge in [-0.05, 0) is 45.6 Å². The van der Waals surface area contributed by atoms with Crippen LogP contribution in [0.25, 0.3) is 0 Å². The first-order valence-corrected chi connectivity index (χ1v) is 5.80. The highest BCUT2D eigenvalue weighted by Crippen LogP contribution is 2.12. The SMILES string of the molecule is CNC(CCC(C)C)CCC(C)OC. The van der Waals surface area contributed by atoms with Crippen LogP contribution in [0.2, 0.25) is 0 Å². The fourth-order valence-corrected chi connectivity index (χ4v) is 1.52. The highest BCUT2D eigenvalue weighted by molar-refractivity contribution is 4.67. The maximum absolute atomic E-state index is 5.24. The lowest BCUT2D eigenvalue weighted by Gasteiger charge is -2.19. The molecule has 2 heteroatoms. The first-order valence-electron chi connectivity index (χ1n) is 5.80. The smallest absolute Gasteiger partial charge is 0.0543 e. The van der Waals surface area contributed by atoms with Crippen molar-refractivity contribution >= 4 is 0 Å². The van der Waals surface area contributed by atoms with Gasteiger partial charge in [0, 0.05) is 13.2 Å². The van der Waals surface area contributed by atoms with Gasteiger partial charge in [0.25, 0.3) is 0 Å². The van der Waals surface area contributed by atoms with Crippen LogP contribution in [0.4, 0.5) is 0 Å². The van der Waals surface area contributed by atoms with Gasteiger partial charge in [-0.25, -0.2) is 0 Å². The molecule has 0 aliphatic carbocycles. The van der Waals surface area contributed by atoms with Crippen molar-refractivity contribution in [3.8, 4) is 0 Å². The van der Waals surface area contributed by atoms with E-state index in [1.54, 1.807) is 7.11 Å². The maximum Gasteiger partial charge on any atom is 0.0543 e. The first kappa shape index (κ1) is 13.9. The summed E-state index contributed by atoms with van der Waals surface area (Å²) >= 11 is 0. The van der Waals surface area contributed by atoms with Gasteiger partial charge >= 0.3 is 0 Å². The van der Waals surface area contributed by atoms with Gasteiger partial charge < -0.3 is 10.1 Å². The molecular weight excluding hydrogens is 174 g/mol. The van der Waals surface area contributed by atoms with E-state index in [0.29, 0.717) is 12.1 Å². The van der Waals surface area contributed by atoms with Gasteiger partial charge in [0.15, 0.2) is 0 Å². The van der Waals surface area contributed by atoms with Crippen LogP contribution in [0.5, 0.6) is 0 Å². The van der Waals surface area contributed by atoms with Crippen molar-refractivity contribution in [2.75, 3.05) is 14.2 Å². The second-order valence-electron chi connectivity index (χ2n) is 4.58. The Morgan fingerprint density at radius 2 is 1.57 bits per heavy atom. The third kappa shape index (κ3) is 7.34. The zero-order valence-electron chi connectivity index (χ0n) is 10.5. The van der Waals surface area contributed by atoms with Crippen molar-refractivity contribution in [1.29, 1.82) is 0 Å². The number of hydrogen-bond donors (Lipinski definition) is 1. The zero-order valence-corrected chi connectivity index (χ0v) is 10.5. The van der Waals surface area contributed by atoms with Crippen molar-refractivity contribution in [2.24, 2.45) is 5.92 Å². The number of methoxy groups -OCH3 is 1. The minimum atomic E-state index is 0.393. The molecular formula is C12H27NO. The Morgan fingerprint density at radius 3 is 2.00 bits per heavy atom. The van der Waals surface area contributed by atoms with Crippen LogP contribution in [-0.2, 0) is 4.74 Å². The van der Waals surface area contributed by atoms with Crippen LogP contribution in [0, 0.1) is 5.92 Å². The van der Waals surface area contributed by atoms with E-state index in [1.165, 1.54) is 19.3 Å². The number of hydrogen-bond acceptors (Lipinski definition) is 2. The van der Waals surface area contributed by atoms with E-state index in [0.717, 1.165) is 12.3 Å². The average Bonchev–Trinajstić information content (AvgIpc) is 2.17. The molecule has 2 atom stereocenters. The lowest BCUT2D eigenvalue weighted by Crippen LogP contribution is -2.26. The first-order chi connectivity index (χ1) is 6.60.